The maximum absolute atomic E-state index is 11.9. The number of piperidine rings is 1. The van der Waals surface area contributed by atoms with Crippen molar-refractivity contribution in [3.05, 3.63) is 35.4 Å². The zero-order valence-electron chi connectivity index (χ0n) is 13.3. The van der Waals surface area contributed by atoms with Crippen LogP contribution in [0.25, 0.3) is 0 Å². The minimum Gasteiger partial charge on any atom is -0.466 e. The first-order valence-electron chi connectivity index (χ1n) is 7.84. The number of esters is 1. The summed E-state index contributed by atoms with van der Waals surface area (Å²) < 4.78 is 5.12. The number of likely N-dealkylation sites (tertiary alicyclic amines) is 1. The van der Waals surface area contributed by atoms with E-state index in [1.165, 1.54) is 0 Å². The van der Waals surface area contributed by atoms with E-state index in [0.29, 0.717) is 12.2 Å². The first-order chi connectivity index (χ1) is 10.6. The molecule has 1 N–H and O–H groups in total. The third-order valence-electron chi connectivity index (χ3n) is 3.97. The molecule has 1 fully saturated rings. The largest absolute Gasteiger partial charge is 0.466 e. The predicted molar refractivity (Wildman–Crippen MR) is 84.5 cm³/mol. The second kappa shape index (κ2) is 7.94. The summed E-state index contributed by atoms with van der Waals surface area (Å²) >= 11 is 0. The smallest absolute Gasteiger partial charge is 0.310 e. The van der Waals surface area contributed by atoms with Crippen LogP contribution in [0.4, 0.5) is 0 Å². The molecule has 0 bridgehead atoms. The first kappa shape index (κ1) is 16.5. The molecule has 0 saturated carbocycles. The molecular formula is C17H24N2O3. The number of rotatable bonds is 5. The highest BCUT2D eigenvalue weighted by Crippen LogP contribution is 2.20. The molecule has 22 heavy (non-hydrogen) atoms. The molecule has 120 valence electrons. The normalized spacial score (nSPS) is 18.7. The van der Waals surface area contributed by atoms with Crippen molar-refractivity contribution in [1.82, 2.24) is 10.2 Å². The molecule has 5 nitrogen and oxygen atoms in total. The van der Waals surface area contributed by atoms with E-state index in [2.05, 4.69) is 10.2 Å². The van der Waals surface area contributed by atoms with Gasteiger partial charge in [0.05, 0.1) is 12.5 Å². The Morgan fingerprint density at radius 1 is 1.32 bits per heavy atom. The summed E-state index contributed by atoms with van der Waals surface area (Å²) in [5, 5.41) is 2.61. The van der Waals surface area contributed by atoms with Gasteiger partial charge in [-0.05, 0) is 44.0 Å². The molecule has 0 aliphatic carbocycles. The molecule has 1 aromatic rings. The number of carbonyl (C=O) groups excluding carboxylic acids is 2. The highest BCUT2D eigenvalue weighted by atomic mass is 16.5. The van der Waals surface area contributed by atoms with Crippen LogP contribution in [0, 0.1) is 5.92 Å². The third-order valence-corrected chi connectivity index (χ3v) is 3.97. The molecule has 1 atom stereocenters. The zero-order chi connectivity index (χ0) is 15.9. The van der Waals surface area contributed by atoms with Gasteiger partial charge in [-0.2, -0.15) is 0 Å². The predicted octanol–water partition coefficient (Wildman–Crippen LogP) is 1.82. The van der Waals surface area contributed by atoms with Crippen LogP contribution in [0.2, 0.25) is 0 Å². The molecule has 1 aliphatic heterocycles. The molecular weight excluding hydrogens is 280 g/mol. The molecule has 0 spiro atoms. The molecule has 1 unspecified atom stereocenters. The van der Waals surface area contributed by atoms with Gasteiger partial charge >= 0.3 is 5.97 Å². The molecule has 1 saturated heterocycles. The highest BCUT2D eigenvalue weighted by Gasteiger charge is 2.26. The van der Waals surface area contributed by atoms with Crippen molar-refractivity contribution in [2.45, 2.75) is 26.3 Å². The van der Waals surface area contributed by atoms with Gasteiger partial charge in [0.2, 0.25) is 0 Å². The van der Waals surface area contributed by atoms with Crippen LogP contribution in [0.1, 0.15) is 35.7 Å². The fraction of sp³-hybridized carbons (Fsp3) is 0.529. The average Bonchev–Trinajstić information content (AvgIpc) is 2.55. The number of amides is 1. The van der Waals surface area contributed by atoms with Gasteiger partial charge in [-0.15, -0.1) is 0 Å². The van der Waals surface area contributed by atoms with Gasteiger partial charge in [0, 0.05) is 25.7 Å². The van der Waals surface area contributed by atoms with Crippen LogP contribution in [0.3, 0.4) is 0 Å². The van der Waals surface area contributed by atoms with Crippen molar-refractivity contribution >= 4 is 11.9 Å². The first-order valence-corrected chi connectivity index (χ1v) is 7.84. The van der Waals surface area contributed by atoms with Crippen molar-refractivity contribution < 1.29 is 14.3 Å². The van der Waals surface area contributed by atoms with E-state index in [4.69, 9.17) is 4.74 Å². The van der Waals surface area contributed by atoms with Crippen LogP contribution in [0.15, 0.2) is 24.3 Å². The Hall–Kier alpha value is -1.88. The summed E-state index contributed by atoms with van der Waals surface area (Å²) in [7, 11) is 1.62. The highest BCUT2D eigenvalue weighted by molar-refractivity contribution is 5.93. The number of hydrogen-bond donors (Lipinski definition) is 1. The summed E-state index contributed by atoms with van der Waals surface area (Å²) in [4.78, 5) is 25.7. The van der Waals surface area contributed by atoms with E-state index < -0.39 is 0 Å². The maximum atomic E-state index is 11.9. The summed E-state index contributed by atoms with van der Waals surface area (Å²) in [6, 6.07) is 7.61. The lowest BCUT2D eigenvalue weighted by Crippen LogP contribution is -2.38. The molecule has 2 rings (SSSR count). The number of carbonyl (C=O) groups is 2. The Labute approximate surface area is 131 Å². The Kier molecular flexibility index (Phi) is 5.95. The Balaban J connectivity index is 1.92. The zero-order valence-corrected chi connectivity index (χ0v) is 13.3. The second-order valence-corrected chi connectivity index (χ2v) is 5.60. The molecule has 5 heteroatoms. The molecule has 1 heterocycles. The van der Waals surface area contributed by atoms with E-state index in [9.17, 15) is 9.59 Å². The molecule has 1 amide bonds. The van der Waals surface area contributed by atoms with Gasteiger partial charge in [0.15, 0.2) is 0 Å². The summed E-state index contributed by atoms with van der Waals surface area (Å²) in [5.74, 6) is -0.173. The number of hydrogen-bond acceptors (Lipinski definition) is 4. The summed E-state index contributed by atoms with van der Waals surface area (Å²) in [5.41, 5.74) is 1.81. The third kappa shape index (κ3) is 4.31. The van der Waals surface area contributed by atoms with E-state index in [1.54, 1.807) is 7.05 Å². The quantitative estimate of drug-likeness (QED) is 0.843. The minimum absolute atomic E-state index is 0.0150. The Morgan fingerprint density at radius 2 is 2.05 bits per heavy atom. The molecule has 0 aromatic heterocycles. The van der Waals surface area contributed by atoms with Gasteiger partial charge < -0.3 is 10.1 Å². The van der Waals surface area contributed by atoms with E-state index in [1.807, 2.05) is 31.2 Å². The average molecular weight is 304 g/mol. The Morgan fingerprint density at radius 3 is 2.68 bits per heavy atom. The van der Waals surface area contributed by atoms with Gasteiger partial charge in [0.25, 0.3) is 5.91 Å². The van der Waals surface area contributed by atoms with Crippen molar-refractivity contribution in [2.24, 2.45) is 5.92 Å². The standard InChI is InChI=1S/C17H24N2O3/c1-3-22-17(21)15-5-4-10-19(12-15)11-13-6-8-14(9-7-13)16(20)18-2/h6-9,15H,3-5,10-12H2,1-2H3,(H,18,20). The SMILES string of the molecule is CCOC(=O)C1CCCN(Cc2ccc(C(=O)NC)cc2)C1. The lowest BCUT2D eigenvalue weighted by atomic mass is 9.97. The van der Waals surface area contributed by atoms with E-state index in [0.717, 1.165) is 38.0 Å². The fourth-order valence-corrected chi connectivity index (χ4v) is 2.82. The van der Waals surface area contributed by atoms with Crippen molar-refractivity contribution in [3.63, 3.8) is 0 Å². The van der Waals surface area contributed by atoms with E-state index >= 15 is 0 Å². The molecule has 1 aromatic carbocycles. The van der Waals surface area contributed by atoms with Crippen molar-refractivity contribution in [1.29, 1.82) is 0 Å². The monoisotopic (exact) mass is 304 g/mol. The fourth-order valence-electron chi connectivity index (χ4n) is 2.82. The molecule has 1 aliphatic rings. The lowest BCUT2D eigenvalue weighted by Gasteiger charge is -2.31. The number of benzene rings is 1. The van der Waals surface area contributed by atoms with Crippen LogP contribution >= 0.6 is 0 Å². The van der Waals surface area contributed by atoms with Gasteiger partial charge in [-0.1, -0.05) is 12.1 Å². The van der Waals surface area contributed by atoms with Gasteiger partial charge in [0.1, 0.15) is 0 Å². The van der Waals surface area contributed by atoms with Crippen molar-refractivity contribution in [2.75, 3.05) is 26.7 Å². The number of nitrogens with zero attached hydrogens (tertiary/aromatic N) is 1. The van der Waals surface area contributed by atoms with Crippen LogP contribution in [0.5, 0.6) is 0 Å². The topological polar surface area (TPSA) is 58.6 Å². The summed E-state index contributed by atoms with van der Waals surface area (Å²) in [6.07, 6.45) is 1.92. The van der Waals surface area contributed by atoms with Crippen LogP contribution < -0.4 is 5.32 Å². The van der Waals surface area contributed by atoms with Crippen LogP contribution in [-0.4, -0.2) is 43.5 Å². The van der Waals surface area contributed by atoms with Gasteiger partial charge in [-0.3, -0.25) is 14.5 Å². The maximum Gasteiger partial charge on any atom is 0.310 e. The second-order valence-electron chi connectivity index (χ2n) is 5.60. The Bertz CT molecular complexity index is 513. The van der Waals surface area contributed by atoms with Crippen LogP contribution in [-0.2, 0) is 16.1 Å². The molecule has 0 radical (unpaired) electrons. The van der Waals surface area contributed by atoms with Crippen molar-refractivity contribution in [3.8, 4) is 0 Å². The number of nitrogens with one attached hydrogen (secondary N) is 1. The van der Waals surface area contributed by atoms with E-state index in [-0.39, 0.29) is 17.8 Å². The minimum atomic E-state index is -0.0813. The summed E-state index contributed by atoms with van der Waals surface area (Å²) in [6.45, 7) is 4.82. The number of ether oxygens (including phenoxy) is 1. The van der Waals surface area contributed by atoms with Gasteiger partial charge in [-0.25, -0.2) is 0 Å². The lowest BCUT2D eigenvalue weighted by molar-refractivity contribution is -0.150.